The molecule has 2 rings (SSSR count). The first-order chi connectivity index (χ1) is 13.1. The number of nitrogens with one attached hydrogen (secondary N) is 3. The van der Waals surface area contributed by atoms with Gasteiger partial charge in [0.05, 0.1) is 11.3 Å². The van der Waals surface area contributed by atoms with Gasteiger partial charge in [-0.3, -0.25) is 9.59 Å². The van der Waals surface area contributed by atoms with Crippen LogP contribution in [0.15, 0.2) is 48.5 Å². The van der Waals surface area contributed by atoms with Crippen molar-refractivity contribution in [1.82, 2.24) is 10.6 Å². The number of hydrogen-bond acceptors (Lipinski definition) is 4. The lowest BCUT2D eigenvalue weighted by Crippen LogP contribution is -2.32. The first kappa shape index (κ1) is 20.4. The Morgan fingerprint density at radius 2 is 1.74 bits per heavy atom. The summed E-state index contributed by atoms with van der Waals surface area (Å²) >= 11 is 0. The van der Waals surface area contributed by atoms with E-state index in [1.807, 2.05) is 0 Å². The maximum atomic E-state index is 13.6. The second-order valence-electron chi connectivity index (χ2n) is 5.82. The van der Waals surface area contributed by atoms with E-state index in [0.717, 1.165) is 13.0 Å². The quantitative estimate of drug-likeness (QED) is 0.559. The van der Waals surface area contributed by atoms with Crippen LogP contribution in [0.25, 0.3) is 0 Å². The van der Waals surface area contributed by atoms with Crippen molar-refractivity contribution in [2.24, 2.45) is 0 Å². The molecule has 0 radical (unpaired) electrons. The van der Waals surface area contributed by atoms with Crippen molar-refractivity contribution in [3.63, 3.8) is 0 Å². The van der Waals surface area contributed by atoms with Crippen molar-refractivity contribution in [3.8, 4) is 5.75 Å². The predicted octanol–water partition coefficient (Wildman–Crippen LogP) is 2.57. The van der Waals surface area contributed by atoms with Gasteiger partial charge in [-0.1, -0.05) is 31.2 Å². The molecule has 2 amide bonds. The molecular weight excluding hydrogens is 349 g/mol. The number of rotatable bonds is 10. The van der Waals surface area contributed by atoms with Crippen LogP contribution in [-0.4, -0.2) is 38.1 Å². The Balaban J connectivity index is 1.88. The van der Waals surface area contributed by atoms with Crippen LogP contribution in [0.3, 0.4) is 0 Å². The van der Waals surface area contributed by atoms with Gasteiger partial charge in [-0.15, -0.1) is 0 Å². The molecule has 0 aliphatic rings. The van der Waals surface area contributed by atoms with Gasteiger partial charge in [-0.2, -0.15) is 0 Å². The van der Waals surface area contributed by atoms with Gasteiger partial charge in [0.1, 0.15) is 11.6 Å². The van der Waals surface area contributed by atoms with Crippen molar-refractivity contribution in [2.75, 3.05) is 31.6 Å². The summed E-state index contributed by atoms with van der Waals surface area (Å²) in [7, 11) is 0. The van der Waals surface area contributed by atoms with E-state index in [4.69, 9.17) is 4.74 Å². The molecule has 3 N–H and O–H groups in total. The standard InChI is InChI=1S/C20H24FN3O3/c1-2-11-22-12-13-23-20(26)15-7-3-6-10-18(15)27-14-19(25)24-17-9-5-4-8-16(17)21/h3-10,22H,2,11-14H2,1H3,(H,23,26)(H,24,25). The molecular formula is C20H24FN3O3. The highest BCUT2D eigenvalue weighted by atomic mass is 19.1. The molecule has 2 aromatic carbocycles. The Morgan fingerprint density at radius 3 is 2.52 bits per heavy atom. The monoisotopic (exact) mass is 373 g/mol. The molecule has 7 heteroatoms. The predicted molar refractivity (Wildman–Crippen MR) is 102 cm³/mol. The first-order valence-corrected chi connectivity index (χ1v) is 8.87. The Morgan fingerprint density at radius 1 is 1.00 bits per heavy atom. The van der Waals surface area contributed by atoms with Gasteiger partial charge < -0.3 is 20.7 Å². The Labute approximate surface area is 158 Å². The zero-order valence-corrected chi connectivity index (χ0v) is 15.3. The van der Waals surface area contributed by atoms with Crippen molar-refractivity contribution in [2.45, 2.75) is 13.3 Å². The third kappa shape index (κ3) is 6.71. The van der Waals surface area contributed by atoms with E-state index >= 15 is 0 Å². The lowest BCUT2D eigenvalue weighted by atomic mass is 10.2. The SMILES string of the molecule is CCCNCCNC(=O)c1ccccc1OCC(=O)Nc1ccccc1F. The minimum Gasteiger partial charge on any atom is -0.483 e. The van der Waals surface area contributed by atoms with Crippen LogP contribution in [0, 0.1) is 5.82 Å². The van der Waals surface area contributed by atoms with Crippen molar-refractivity contribution < 1.29 is 18.7 Å². The summed E-state index contributed by atoms with van der Waals surface area (Å²) in [5.41, 5.74) is 0.420. The molecule has 0 spiro atoms. The van der Waals surface area contributed by atoms with E-state index in [0.29, 0.717) is 24.4 Å². The Hall–Kier alpha value is -2.93. The molecule has 0 heterocycles. The van der Waals surface area contributed by atoms with Gasteiger partial charge in [0.15, 0.2) is 6.61 Å². The molecule has 6 nitrogen and oxygen atoms in total. The zero-order chi connectivity index (χ0) is 19.5. The molecule has 0 aliphatic heterocycles. The number of carbonyl (C=O) groups excluding carboxylic acids is 2. The van der Waals surface area contributed by atoms with Crippen LogP contribution < -0.4 is 20.7 Å². The van der Waals surface area contributed by atoms with Gasteiger partial charge in [-0.25, -0.2) is 4.39 Å². The zero-order valence-electron chi connectivity index (χ0n) is 15.3. The molecule has 0 unspecified atom stereocenters. The highest BCUT2D eigenvalue weighted by Gasteiger charge is 2.13. The molecule has 0 saturated heterocycles. The van der Waals surface area contributed by atoms with Crippen molar-refractivity contribution >= 4 is 17.5 Å². The molecule has 0 atom stereocenters. The Kier molecular flexibility index (Phi) is 8.25. The van der Waals surface area contributed by atoms with Gasteiger partial charge >= 0.3 is 0 Å². The average Bonchev–Trinajstić information content (AvgIpc) is 2.68. The molecule has 0 aliphatic carbocycles. The molecule has 144 valence electrons. The fourth-order valence-electron chi connectivity index (χ4n) is 2.33. The first-order valence-electron chi connectivity index (χ1n) is 8.87. The van der Waals surface area contributed by atoms with E-state index < -0.39 is 11.7 Å². The van der Waals surface area contributed by atoms with Crippen LogP contribution >= 0.6 is 0 Å². The number of anilines is 1. The summed E-state index contributed by atoms with van der Waals surface area (Å²) < 4.78 is 19.0. The molecule has 27 heavy (non-hydrogen) atoms. The summed E-state index contributed by atoms with van der Waals surface area (Å²) in [5.74, 6) is -1.03. The minimum atomic E-state index is -0.526. The average molecular weight is 373 g/mol. The smallest absolute Gasteiger partial charge is 0.262 e. The summed E-state index contributed by atoms with van der Waals surface area (Å²) in [6, 6.07) is 12.5. The molecule has 2 aromatic rings. The normalized spacial score (nSPS) is 10.3. The second kappa shape index (κ2) is 10.9. The number of carbonyl (C=O) groups is 2. The van der Waals surface area contributed by atoms with Gasteiger partial charge in [0, 0.05) is 13.1 Å². The van der Waals surface area contributed by atoms with E-state index in [-0.39, 0.29) is 18.2 Å². The third-order valence-corrected chi connectivity index (χ3v) is 3.65. The number of ether oxygens (including phenoxy) is 1. The summed E-state index contributed by atoms with van der Waals surface area (Å²) in [6.07, 6.45) is 1.03. The van der Waals surface area contributed by atoms with Crippen LogP contribution in [-0.2, 0) is 4.79 Å². The van der Waals surface area contributed by atoms with E-state index in [1.165, 1.54) is 18.2 Å². The number of benzene rings is 2. The lowest BCUT2D eigenvalue weighted by molar-refractivity contribution is -0.118. The van der Waals surface area contributed by atoms with E-state index in [1.54, 1.807) is 30.3 Å². The van der Waals surface area contributed by atoms with Crippen LogP contribution in [0.5, 0.6) is 5.75 Å². The topological polar surface area (TPSA) is 79.5 Å². The van der Waals surface area contributed by atoms with Gasteiger partial charge in [0.2, 0.25) is 0 Å². The number of halogens is 1. The number of hydrogen-bond donors (Lipinski definition) is 3. The largest absolute Gasteiger partial charge is 0.483 e. The summed E-state index contributed by atoms with van der Waals surface area (Å²) in [5, 5.41) is 8.43. The van der Waals surface area contributed by atoms with E-state index in [2.05, 4.69) is 22.9 Å². The van der Waals surface area contributed by atoms with Crippen LogP contribution in [0.4, 0.5) is 10.1 Å². The van der Waals surface area contributed by atoms with Crippen LogP contribution in [0.2, 0.25) is 0 Å². The van der Waals surface area contributed by atoms with Crippen molar-refractivity contribution in [3.05, 3.63) is 59.9 Å². The number of amides is 2. The lowest BCUT2D eigenvalue weighted by Gasteiger charge is -2.12. The maximum absolute atomic E-state index is 13.6. The third-order valence-electron chi connectivity index (χ3n) is 3.65. The van der Waals surface area contributed by atoms with Crippen molar-refractivity contribution in [1.29, 1.82) is 0 Å². The van der Waals surface area contributed by atoms with Gasteiger partial charge in [-0.05, 0) is 37.2 Å². The van der Waals surface area contributed by atoms with Crippen LogP contribution in [0.1, 0.15) is 23.7 Å². The fraction of sp³-hybridized carbons (Fsp3) is 0.300. The molecule has 0 fully saturated rings. The van der Waals surface area contributed by atoms with E-state index in [9.17, 15) is 14.0 Å². The molecule has 0 bridgehead atoms. The van der Waals surface area contributed by atoms with Gasteiger partial charge in [0.25, 0.3) is 11.8 Å². The molecule has 0 aromatic heterocycles. The molecule has 0 saturated carbocycles. The Bertz CT molecular complexity index is 768. The maximum Gasteiger partial charge on any atom is 0.262 e. The summed E-state index contributed by atoms with van der Waals surface area (Å²) in [4.78, 5) is 24.3. The summed E-state index contributed by atoms with van der Waals surface area (Å²) in [6.45, 7) is 3.79. The minimum absolute atomic E-state index is 0.0803. The second-order valence-corrected chi connectivity index (χ2v) is 5.82. The fourth-order valence-corrected chi connectivity index (χ4v) is 2.33. The highest BCUT2D eigenvalue weighted by Crippen LogP contribution is 2.18. The number of para-hydroxylation sites is 2. The highest BCUT2D eigenvalue weighted by molar-refractivity contribution is 5.97.